The molecule has 0 saturated carbocycles. The van der Waals surface area contributed by atoms with E-state index < -0.39 is 29.9 Å². The van der Waals surface area contributed by atoms with Crippen molar-refractivity contribution in [3.63, 3.8) is 0 Å². The SMILES string of the molecule is CCOc1cc(/C=C2\C(=O)NC(=O)N(c3ccc(C)cc3)C2=O)ccc1O[C@H](C)C(=O)[O-]. The first-order valence-electron chi connectivity index (χ1n) is 9.83. The van der Waals surface area contributed by atoms with Crippen LogP contribution in [0.5, 0.6) is 11.5 Å². The predicted octanol–water partition coefficient (Wildman–Crippen LogP) is 1.58. The molecule has 2 aromatic carbocycles. The van der Waals surface area contributed by atoms with Gasteiger partial charge in [-0.3, -0.25) is 14.9 Å². The van der Waals surface area contributed by atoms with Crippen LogP contribution in [0.15, 0.2) is 48.0 Å². The maximum Gasteiger partial charge on any atom is 0.335 e. The summed E-state index contributed by atoms with van der Waals surface area (Å²) in [5.74, 6) is -2.59. The van der Waals surface area contributed by atoms with Crippen LogP contribution in [0.1, 0.15) is 25.0 Å². The lowest BCUT2D eigenvalue weighted by Crippen LogP contribution is -2.54. The summed E-state index contributed by atoms with van der Waals surface area (Å²) in [4.78, 5) is 49.5. The summed E-state index contributed by atoms with van der Waals surface area (Å²) in [6.07, 6.45) is 0.109. The van der Waals surface area contributed by atoms with Gasteiger partial charge >= 0.3 is 6.03 Å². The number of ether oxygens (including phenoxy) is 2. The number of barbiturate groups is 1. The number of carboxylic acid groups (broad SMARTS) is 1. The van der Waals surface area contributed by atoms with Crippen molar-refractivity contribution < 1.29 is 33.8 Å². The van der Waals surface area contributed by atoms with Crippen LogP contribution in [0.4, 0.5) is 10.5 Å². The Bertz CT molecular complexity index is 1110. The van der Waals surface area contributed by atoms with Crippen LogP contribution in [0, 0.1) is 6.92 Å². The van der Waals surface area contributed by atoms with Crippen molar-refractivity contribution in [3.8, 4) is 11.5 Å². The second kappa shape index (κ2) is 9.34. The van der Waals surface area contributed by atoms with Gasteiger partial charge in [-0.1, -0.05) is 23.8 Å². The minimum Gasteiger partial charge on any atom is -0.546 e. The fourth-order valence-corrected chi connectivity index (χ4v) is 2.97. The Labute approximate surface area is 184 Å². The molecule has 166 valence electrons. The van der Waals surface area contributed by atoms with Crippen molar-refractivity contribution in [2.24, 2.45) is 0 Å². The first-order chi connectivity index (χ1) is 15.2. The molecule has 1 saturated heterocycles. The molecule has 3 rings (SSSR count). The molecule has 1 N–H and O–H groups in total. The lowest BCUT2D eigenvalue weighted by atomic mass is 10.1. The highest BCUT2D eigenvalue weighted by Gasteiger charge is 2.36. The third-order valence-electron chi connectivity index (χ3n) is 4.61. The van der Waals surface area contributed by atoms with Gasteiger partial charge in [0.2, 0.25) is 0 Å². The van der Waals surface area contributed by atoms with E-state index >= 15 is 0 Å². The summed E-state index contributed by atoms with van der Waals surface area (Å²) >= 11 is 0. The third-order valence-corrected chi connectivity index (χ3v) is 4.61. The van der Waals surface area contributed by atoms with Crippen molar-refractivity contribution >= 4 is 35.6 Å². The second-order valence-corrected chi connectivity index (χ2v) is 7.01. The van der Waals surface area contributed by atoms with Crippen molar-refractivity contribution in [2.45, 2.75) is 26.9 Å². The summed E-state index contributed by atoms with van der Waals surface area (Å²) in [7, 11) is 0. The number of rotatable bonds is 7. The Hall–Kier alpha value is -4.14. The van der Waals surface area contributed by atoms with Gasteiger partial charge in [-0.25, -0.2) is 9.69 Å². The molecule has 1 fully saturated rings. The van der Waals surface area contributed by atoms with Crippen molar-refractivity contribution in [2.75, 3.05) is 11.5 Å². The minimum atomic E-state index is -1.39. The van der Waals surface area contributed by atoms with E-state index in [1.54, 1.807) is 31.2 Å². The van der Waals surface area contributed by atoms with E-state index in [9.17, 15) is 24.3 Å². The van der Waals surface area contributed by atoms with Gasteiger partial charge in [0.25, 0.3) is 11.8 Å². The van der Waals surface area contributed by atoms with E-state index in [1.165, 1.54) is 31.2 Å². The molecular weight excluding hydrogens is 416 g/mol. The number of hydrogen-bond acceptors (Lipinski definition) is 7. The second-order valence-electron chi connectivity index (χ2n) is 7.01. The Morgan fingerprint density at radius 3 is 2.44 bits per heavy atom. The first kappa shape index (κ1) is 22.5. The molecule has 9 nitrogen and oxygen atoms in total. The standard InChI is InChI=1S/C23H22N2O7/c1-4-31-19-12-15(7-10-18(19)32-14(3)22(28)29)11-17-20(26)24-23(30)25(21(17)27)16-8-5-13(2)6-9-16/h5-12,14H,4H2,1-3H3,(H,28,29)(H,24,26,30)/p-1/b17-11+/t14-/m1/s1. The maximum atomic E-state index is 13.0. The zero-order chi connectivity index (χ0) is 23.4. The third kappa shape index (κ3) is 4.77. The van der Waals surface area contributed by atoms with Crippen LogP contribution in [0.2, 0.25) is 0 Å². The molecule has 2 aromatic rings. The Balaban J connectivity index is 1.96. The number of carbonyl (C=O) groups is 4. The molecule has 1 heterocycles. The Morgan fingerprint density at radius 2 is 1.81 bits per heavy atom. The highest BCUT2D eigenvalue weighted by molar-refractivity contribution is 6.39. The average Bonchev–Trinajstić information content (AvgIpc) is 2.74. The van der Waals surface area contributed by atoms with Crippen LogP contribution in [-0.2, 0) is 14.4 Å². The van der Waals surface area contributed by atoms with Gasteiger partial charge in [-0.05, 0) is 56.7 Å². The van der Waals surface area contributed by atoms with E-state index in [2.05, 4.69) is 5.32 Å². The fourth-order valence-electron chi connectivity index (χ4n) is 2.97. The number of aliphatic carboxylic acids is 1. The number of benzene rings is 2. The molecule has 9 heteroatoms. The van der Waals surface area contributed by atoms with E-state index in [0.29, 0.717) is 11.3 Å². The monoisotopic (exact) mass is 437 g/mol. The topological polar surface area (TPSA) is 125 Å². The molecule has 1 atom stereocenters. The Morgan fingerprint density at radius 1 is 1.12 bits per heavy atom. The highest BCUT2D eigenvalue weighted by Crippen LogP contribution is 2.31. The van der Waals surface area contributed by atoms with Crippen LogP contribution in [0.25, 0.3) is 6.08 Å². The largest absolute Gasteiger partial charge is 0.546 e. The van der Waals surface area contributed by atoms with Crippen molar-refractivity contribution in [3.05, 3.63) is 59.2 Å². The van der Waals surface area contributed by atoms with Crippen molar-refractivity contribution in [1.82, 2.24) is 5.32 Å². The maximum absolute atomic E-state index is 13.0. The summed E-state index contributed by atoms with van der Waals surface area (Å²) in [6, 6.07) is 10.4. The van der Waals surface area contributed by atoms with Gasteiger partial charge in [0.15, 0.2) is 11.5 Å². The number of carbonyl (C=O) groups excluding carboxylic acids is 4. The lowest BCUT2D eigenvalue weighted by Gasteiger charge is -2.26. The lowest BCUT2D eigenvalue weighted by molar-refractivity contribution is -0.312. The average molecular weight is 437 g/mol. The predicted molar refractivity (Wildman–Crippen MR) is 113 cm³/mol. The summed E-state index contributed by atoms with van der Waals surface area (Å²) in [6.45, 7) is 5.20. The zero-order valence-electron chi connectivity index (χ0n) is 17.7. The molecule has 0 aromatic heterocycles. The molecule has 0 spiro atoms. The van der Waals surface area contributed by atoms with Gasteiger partial charge < -0.3 is 19.4 Å². The number of urea groups is 1. The van der Waals surface area contributed by atoms with E-state index in [-0.39, 0.29) is 23.7 Å². The van der Waals surface area contributed by atoms with Gasteiger partial charge in [0.05, 0.1) is 18.3 Å². The molecular formula is C23H21N2O7-. The van der Waals surface area contributed by atoms with E-state index in [1.807, 2.05) is 6.92 Å². The van der Waals surface area contributed by atoms with Gasteiger partial charge in [0, 0.05) is 0 Å². The van der Waals surface area contributed by atoms with Crippen LogP contribution >= 0.6 is 0 Å². The van der Waals surface area contributed by atoms with Gasteiger partial charge in [0.1, 0.15) is 11.7 Å². The van der Waals surface area contributed by atoms with E-state index in [4.69, 9.17) is 9.47 Å². The summed E-state index contributed by atoms with van der Waals surface area (Å²) in [5.41, 5.74) is 1.44. The number of imide groups is 2. The molecule has 0 aliphatic carbocycles. The normalized spacial score (nSPS) is 16.0. The Kier molecular flexibility index (Phi) is 6.58. The molecule has 32 heavy (non-hydrogen) atoms. The molecule has 1 aliphatic heterocycles. The number of aryl methyl sites for hydroxylation is 1. The van der Waals surface area contributed by atoms with Crippen molar-refractivity contribution in [1.29, 1.82) is 0 Å². The minimum absolute atomic E-state index is 0.168. The smallest absolute Gasteiger partial charge is 0.335 e. The fraction of sp³-hybridized carbons (Fsp3) is 0.217. The zero-order valence-corrected chi connectivity index (χ0v) is 17.7. The number of nitrogens with zero attached hydrogens (tertiary/aromatic N) is 1. The molecule has 0 radical (unpaired) electrons. The highest BCUT2D eigenvalue weighted by atomic mass is 16.5. The van der Waals surface area contributed by atoms with E-state index in [0.717, 1.165) is 10.5 Å². The molecule has 0 unspecified atom stereocenters. The van der Waals surface area contributed by atoms with Crippen LogP contribution in [-0.4, -0.2) is 36.5 Å². The van der Waals surface area contributed by atoms with Gasteiger partial charge in [-0.2, -0.15) is 0 Å². The number of amides is 4. The summed E-state index contributed by atoms with van der Waals surface area (Å²) < 4.78 is 10.8. The molecule has 1 aliphatic rings. The molecule has 0 bridgehead atoms. The number of hydrogen-bond donors (Lipinski definition) is 1. The number of nitrogens with one attached hydrogen (secondary N) is 1. The quantitative estimate of drug-likeness (QED) is 0.515. The number of anilines is 1. The summed E-state index contributed by atoms with van der Waals surface area (Å²) in [5, 5.41) is 13.1. The first-order valence-corrected chi connectivity index (χ1v) is 9.83. The number of carboxylic acids is 1. The van der Waals surface area contributed by atoms with Crippen LogP contribution < -0.4 is 24.8 Å². The van der Waals surface area contributed by atoms with Gasteiger partial charge in [-0.15, -0.1) is 0 Å². The molecule has 4 amide bonds. The van der Waals surface area contributed by atoms with Crippen LogP contribution in [0.3, 0.4) is 0 Å².